The van der Waals surface area contributed by atoms with Crippen LogP contribution in [0, 0.1) is 0 Å². The first kappa shape index (κ1) is 10.7. The lowest BCUT2D eigenvalue weighted by molar-refractivity contribution is -0.0517. The van der Waals surface area contributed by atoms with E-state index in [1.165, 1.54) is 7.11 Å². The van der Waals surface area contributed by atoms with Gasteiger partial charge in [0, 0.05) is 0 Å². The number of nitrogens with zero attached hydrogens (tertiary/aromatic N) is 2. The molecule has 0 atom stereocenters. The molecule has 0 bridgehead atoms. The zero-order valence-corrected chi connectivity index (χ0v) is 7.76. The molecule has 0 fully saturated rings. The molecule has 0 saturated carbocycles. The van der Waals surface area contributed by atoms with Gasteiger partial charge in [0.15, 0.2) is 5.15 Å². The predicted molar refractivity (Wildman–Crippen MR) is 44.6 cm³/mol. The van der Waals surface area contributed by atoms with Gasteiger partial charge in [0.2, 0.25) is 11.7 Å². The van der Waals surface area contributed by atoms with E-state index in [1.807, 2.05) is 0 Å². The number of methoxy groups -OCH3 is 1. The van der Waals surface area contributed by atoms with Crippen LogP contribution in [0.3, 0.4) is 0 Å². The van der Waals surface area contributed by atoms with E-state index in [2.05, 4.69) is 19.4 Å². The molecule has 1 rings (SSSR count). The molecule has 78 valence electrons. The van der Waals surface area contributed by atoms with E-state index in [0.29, 0.717) is 0 Å². The molecule has 0 unspecified atom stereocenters. The summed E-state index contributed by atoms with van der Waals surface area (Å²) in [5.41, 5.74) is 5.20. The van der Waals surface area contributed by atoms with E-state index in [1.54, 1.807) is 0 Å². The average molecular weight is 226 g/mol. The molecular weight excluding hydrogens is 220 g/mol. The highest BCUT2D eigenvalue weighted by Gasteiger charge is 2.18. The van der Waals surface area contributed by atoms with Crippen molar-refractivity contribution >= 4 is 17.5 Å². The number of nitrogens with two attached hydrogens (primary N) is 1. The van der Waals surface area contributed by atoms with E-state index in [-0.39, 0.29) is 17.0 Å². The fourth-order valence-electron chi connectivity index (χ4n) is 0.746. The molecule has 8 heteroatoms. The van der Waals surface area contributed by atoms with E-state index < -0.39 is 12.4 Å². The second-order valence-corrected chi connectivity index (χ2v) is 2.45. The number of rotatable bonds is 3. The van der Waals surface area contributed by atoms with Crippen molar-refractivity contribution in [2.24, 2.45) is 0 Å². The van der Waals surface area contributed by atoms with Gasteiger partial charge in [-0.25, -0.2) is 0 Å². The van der Waals surface area contributed by atoms with E-state index in [9.17, 15) is 8.78 Å². The number of hydrogen-bond acceptors (Lipinski definition) is 5. The lowest BCUT2D eigenvalue weighted by Gasteiger charge is -2.09. The van der Waals surface area contributed by atoms with Crippen molar-refractivity contribution in [1.29, 1.82) is 0 Å². The first-order valence-corrected chi connectivity index (χ1v) is 3.74. The van der Waals surface area contributed by atoms with Gasteiger partial charge in [-0.05, 0) is 0 Å². The molecule has 0 aliphatic heterocycles. The molecule has 0 radical (unpaired) electrons. The summed E-state index contributed by atoms with van der Waals surface area (Å²) in [4.78, 5) is 6.94. The number of anilines is 1. The Bertz CT molecular complexity index is 337. The van der Waals surface area contributed by atoms with Crippen LogP contribution in [0.25, 0.3) is 0 Å². The summed E-state index contributed by atoms with van der Waals surface area (Å²) >= 11 is 5.49. The van der Waals surface area contributed by atoms with Crippen molar-refractivity contribution in [2.75, 3.05) is 12.8 Å². The van der Waals surface area contributed by atoms with Crippen molar-refractivity contribution in [2.45, 2.75) is 6.61 Å². The summed E-state index contributed by atoms with van der Waals surface area (Å²) in [6, 6.07) is 0. The molecule has 1 heterocycles. The number of hydrogen-bond donors (Lipinski definition) is 1. The summed E-state index contributed by atoms with van der Waals surface area (Å²) in [5, 5.41) is -0.324. The number of alkyl halides is 2. The number of halogens is 3. The molecule has 0 amide bonds. The number of ether oxygens (including phenoxy) is 2. The van der Waals surface area contributed by atoms with Gasteiger partial charge in [-0.2, -0.15) is 18.7 Å². The standard InChI is InChI=1S/C6H6ClF2N3O2/c1-13-4-2(14-5(8)9)3(7)11-6(10)12-4/h5H,1H3,(H2,10,11,12). The summed E-state index contributed by atoms with van der Waals surface area (Å²) in [7, 11) is 1.22. The Morgan fingerprint density at radius 2 is 2.07 bits per heavy atom. The maximum absolute atomic E-state index is 11.9. The number of aromatic nitrogens is 2. The highest BCUT2D eigenvalue weighted by atomic mass is 35.5. The van der Waals surface area contributed by atoms with E-state index in [0.717, 1.165) is 0 Å². The molecule has 1 aromatic heterocycles. The van der Waals surface area contributed by atoms with Gasteiger partial charge < -0.3 is 15.2 Å². The Hall–Kier alpha value is -1.37. The molecule has 0 aliphatic carbocycles. The average Bonchev–Trinajstić information content (AvgIpc) is 2.08. The minimum Gasteiger partial charge on any atom is -0.478 e. The minimum atomic E-state index is -3.03. The molecule has 0 spiro atoms. The Morgan fingerprint density at radius 3 is 2.57 bits per heavy atom. The predicted octanol–water partition coefficient (Wildman–Crippen LogP) is 1.32. The van der Waals surface area contributed by atoms with Gasteiger partial charge in [-0.3, -0.25) is 0 Å². The Morgan fingerprint density at radius 1 is 1.43 bits per heavy atom. The topological polar surface area (TPSA) is 70.3 Å². The first-order valence-electron chi connectivity index (χ1n) is 3.36. The summed E-state index contributed by atoms with van der Waals surface area (Å²) in [5.74, 6) is -0.852. The van der Waals surface area contributed by atoms with Gasteiger partial charge >= 0.3 is 6.61 Å². The molecule has 0 saturated heterocycles. The van der Waals surface area contributed by atoms with Crippen molar-refractivity contribution in [1.82, 2.24) is 9.97 Å². The molecule has 14 heavy (non-hydrogen) atoms. The lowest BCUT2D eigenvalue weighted by Crippen LogP contribution is -2.07. The third kappa shape index (κ3) is 2.32. The Balaban J connectivity index is 3.11. The summed E-state index contributed by atoms with van der Waals surface area (Å²) < 4.78 is 32.5. The van der Waals surface area contributed by atoms with Crippen LogP contribution in [0.5, 0.6) is 11.6 Å². The van der Waals surface area contributed by atoms with Crippen molar-refractivity contribution in [3.8, 4) is 11.6 Å². The van der Waals surface area contributed by atoms with E-state index >= 15 is 0 Å². The Labute approximate surface area is 82.8 Å². The third-order valence-electron chi connectivity index (χ3n) is 1.21. The largest absolute Gasteiger partial charge is 0.478 e. The summed E-state index contributed by atoms with van der Waals surface area (Å²) in [6.07, 6.45) is 0. The van der Waals surface area contributed by atoms with Crippen molar-refractivity contribution in [3.63, 3.8) is 0 Å². The van der Waals surface area contributed by atoms with Crippen molar-refractivity contribution in [3.05, 3.63) is 5.15 Å². The smallest absolute Gasteiger partial charge is 0.387 e. The second kappa shape index (κ2) is 4.23. The molecule has 5 nitrogen and oxygen atoms in total. The fraction of sp³-hybridized carbons (Fsp3) is 0.333. The highest BCUT2D eigenvalue weighted by Crippen LogP contribution is 2.33. The van der Waals surface area contributed by atoms with Crippen LogP contribution in [0.4, 0.5) is 14.7 Å². The zero-order valence-electron chi connectivity index (χ0n) is 7.00. The minimum absolute atomic E-state index is 0.187. The van der Waals surface area contributed by atoms with Crippen molar-refractivity contribution < 1.29 is 18.3 Å². The van der Waals surface area contributed by atoms with Gasteiger partial charge in [0.25, 0.3) is 5.88 Å². The van der Waals surface area contributed by atoms with Crippen LogP contribution in [0.15, 0.2) is 0 Å². The van der Waals surface area contributed by atoms with Crippen LogP contribution in [0.2, 0.25) is 5.15 Å². The van der Waals surface area contributed by atoms with Crippen LogP contribution >= 0.6 is 11.6 Å². The lowest BCUT2D eigenvalue weighted by atomic mass is 10.5. The Kier molecular flexibility index (Phi) is 3.23. The molecule has 2 N–H and O–H groups in total. The molecule has 0 aromatic carbocycles. The monoisotopic (exact) mass is 225 g/mol. The van der Waals surface area contributed by atoms with Gasteiger partial charge in [0.1, 0.15) is 0 Å². The van der Waals surface area contributed by atoms with Crippen LogP contribution in [0.1, 0.15) is 0 Å². The zero-order chi connectivity index (χ0) is 10.7. The van der Waals surface area contributed by atoms with Gasteiger partial charge in [-0.1, -0.05) is 11.6 Å². The van der Waals surface area contributed by atoms with Gasteiger partial charge in [0.05, 0.1) is 7.11 Å². The highest BCUT2D eigenvalue weighted by molar-refractivity contribution is 6.31. The first-order chi connectivity index (χ1) is 6.54. The molecule has 0 aliphatic rings. The second-order valence-electron chi connectivity index (χ2n) is 2.09. The normalized spacial score (nSPS) is 10.4. The third-order valence-corrected chi connectivity index (χ3v) is 1.47. The quantitative estimate of drug-likeness (QED) is 0.786. The number of nitrogen functional groups attached to an aromatic ring is 1. The maximum atomic E-state index is 11.9. The molecule has 1 aromatic rings. The molecular formula is C6H6ClF2N3O2. The van der Waals surface area contributed by atoms with Crippen LogP contribution < -0.4 is 15.2 Å². The van der Waals surface area contributed by atoms with Crippen LogP contribution in [-0.2, 0) is 0 Å². The van der Waals surface area contributed by atoms with Gasteiger partial charge in [-0.15, -0.1) is 0 Å². The van der Waals surface area contributed by atoms with E-state index in [4.69, 9.17) is 17.3 Å². The van der Waals surface area contributed by atoms with Crippen LogP contribution in [-0.4, -0.2) is 23.7 Å². The SMILES string of the molecule is COc1nc(N)nc(Cl)c1OC(F)F. The fourth-order valence-corrected chi connectivity index (χ4v) is 0.958. The maximum Gasteiger partial charge on any atom is 0.387 e. The summed E-state index contributed by atoms with van der Waals surface area (Å²) in [6.45, 7) is -3.03.